The average molecular weight is 480 g/mol. The second-order valence-electron chi connectivity index (χ2n) is 7.43. The number of sulfone groups is 1. The number of thiophene rings is 1. The molecule has 0 aliphatic rings. The molecular formula is C25H18FNO4S2. The number of carboxylic acid groups (broad SMARTS) is 1. The number of pyridine rings is 1. The molecule has 4 rings (SSSR count). The first-order valence-corrected chi connectivity index (χ1v) is 12.4. The molecule has 33 heavy (non-hydrogen) atoms. The van der Waals surface area contributed by atoms with Gasteiger partial charge in [-0.25, -0.2) is 12.8 Å². The van der Waals surface area contributed by atoms with E-state index in [2.05, 4.69) is 16.8 Å². The van der Waals surface area contributed by atoms with Crippen LogP contribution in [0.25, 0.3) is 10.9 Å². The minimum absolute atomic E-state index is 0.0506. The van der Waals surface area contributed by atoms with Crippen molar-refractivity contribution in [2.45, 2.75) is 10.6 Å². The van der Waals surface area contributed by atoms with Gasteiger partial charge >= 0.3 is 5.97 Å². The first kappa shape index (κ1) is 22.6. The Morgan fingerprint density at radius 3 is 2.58 bits per heavy atom. The first-order chi connectivity index (χ1) is 15.8. The number of fused-ring (bicyclic) bond motifs is 1. The van der Waals surface area contributed by atoms with Crippen molar-refractivity contribution in [1.82, 2.24) is 4.98 Å². The number of rotatable bonds is 6. The molecule has 0 aliphatic heterocycles. The standard InChI is InChI=1S/C25H18FNO4S2/c26-21-8-5-17(6-9-21)7-10-22-11-12-24(32-22)33(30,31)16-20(25(28)29)14-18-13-19-3-1-2-4-23(19)27-15-18/h1-6,8-9,11-13,15,20H,14,16H2,(H,28,29)/t20-/m0/s1. The number of para-hydroxylation sites is 1. The zero-order valence-electron chi connectivity index (χ0n) is 17.2. The van der Waals surface area contributed by atoms with E-state index in [1.807, 2.05) is 30.3 Å². The van der Waals surface area contributed by atoms with Crippen LogP contribution in [-0.4, -0.2) is 30.2 Å². The number of carboxylic acids is 1. The van der Waals surface area contributed by atoms with Crippen LogP contribution in [0.3, 0.4) is 0 Å². The predicted molar refractivity (Wildman–Crippen MR) is 125 cm³/mol. The summed E-state index contributed by atoms with van der Waals surface area (Å²) in [5, 5.41) is 10.5. The van der Waals surface area contributed by atoms with Crippen LogP contribution in [0.5, 0.6) is 0 Å². The van der Waals surface area contributed by atoms with Crippen molar-refractivity contribution >= 4 is 38.0 Å². The minimum atomic E-state index is -3.83. The number of aromatic nitrogens is 1. The molecule has 0 spiro atoms. The van der Waals surface area contributed by atoms with Gasteiger partial charge in [-0.15, -0.1) is 11.3 Å². The SMILES string of the molecule is O=C(O)[C@@H](Cc1cnc2ccccc2c1)CS(=O)(=O)c1ccc(C#Cc2ccc(F)cc2)s1. The number of nitrogens with zero attached hydrogens (tertiary/aromatic N) is 1. The lowest BCUT2D eigenvalue weighted by molar-refractivity contribution is -0.140. The van der Waals surface area contributed by atoms with Gasteiger partial charge < -0.3 is 5.11 Å². The molecule has 4 aromatic rings. The number of aliphatic carboxylic acids is 1. The number of hydrogen-bond donors (Lipinski definition) is 1. The molecule has 166 valence electrons. The maximum Gasteiger partial charge on any atom is 0.307 e. The Hall–Kier alpha value is -3.54. The zero-order chi connectivity index (χ0) is 23.4. The van der Waals surface area contributed by atoms with Gasteiger partial charge in [-0.3, -0.25) is 9.78 Å². The van der Waals surface area contributed by atoms with Crippen LogP contribution in [0.4, 0.5) is 4.39 Å². The van der Waals surface area contributed by atoms with E-state index < -0.39 is 27.5 Å². The van der Waals surface area contributed by atoms with Crippen molar-refractivity contribution < 1.29 is 22.7 Å². The summed E-state index contributed by atoms with van der Waals surface area (Å²) >= 11 is 0.983. The summed E-state index contributed by atoms with van der Waals surface area (Å²) in [5.41, 5.74) is 2.05. The average Bonchev–Trinajstić information content (AvgIpc) is 3.28. The summed E-state index contributed by atoms with van der Waals surface area (Å²) in [6.45, 7) is 0. The highest BCUT2D eigenvalue weighted by atomic mass is 32.2. The maximum atomic E-state index is 13.0. The largest absolute Gasteiger partial charge is 0.481 e. The molecule has 8 heteroatoms. The van der Waals surface area contributed by atoms with E-state index in [0.717, 1.165) is 22.2 Å². The van der Waals surface area contributed by atoms with Crippen molar-refractivity contribution in [3.05, 3.63) is 94.7 Å². The van der Waals surface area contributed by atoms with Crippen LogP contribution in [0.1, 0.15) is 16.0 Å². The first-order valence-electron chi connectivity index (χ1n) is 9.97. The van der Waals surface area contributed by atoms with Crippen LogP contribution in [0.2, 0.25) is 0 Å². The van der Waals surface area contributed by atoms with E-state index in [1.54, 1.807) is 12.3 Å². The van der Waals surface area contributed by atoms with Crippen molar-refractivity contribution in [3.63, 3.8) is 0 Å². The number of benzene rings is 2. The second kappa shape index (κ2) is 9.53. The molecule has 1 N–H and O–H groups in total. The van der Waals surface area contributed by atoms with Crippen LogP contribution >= 0.6 is 11.3 Å². The smallest absolute Gasteiger partial charge is 0.307 e. The molecular weight excluding hydrogens is 461 g/mol. The Kier molecular flexibility index (Phi) is 6.54. The third-order valence-electron chi connectivity index (χ3n) is 4.96. The van der Waals surface area contributed by atoms with E-state index in [9.17, 15) is 22.7 Å². The lowest BCUT2D eigenvalue weighted by Crippen LogP contribution is -2.25. The van der Waals surface area contributed by atoms with Gasteiger partial charge in [0.1, 0.15) is 10.0 Å². The van der Waals surface area contributed by atoms with E-state index in [0.29, 0.717) is 16.0 Å². The molecule has 0 aliphatic carbocycles. The Morgan fingerprint density at radius 1 is 1.06 bits per heavy atom. The number of halogens is 1. The Balaban J connectivity index is 1.51. The molecule has 0 fully saturated rings. The highest BCUT2D eigenvalue weighted by Gasteiger charge is 2.28. The van der Waals surface area contributed by atoms with Crippen molar-refractivity contribution in [1.29, 1.82) is 0 Å². The van der Waals surface area contributed by atoms with Crippen LogP contribution in [-0.2, 0) is 21.1 Å². The van der Waals surface area contributed by atoms with E-state index >= 15 is 0 Å². The van der Waals surface area contributed by atoms with E-state index in [1.165, 1.54) is 30.3 Å². The summed E-state index contributed by atoms with van der Waals surface area (Å²) in [4.78, 5) is 16.7. The third kappa shape index (κ3) is 5.64. The quantitative estimate of drug-likeness (QED) is 0.410. The lowest BCUT2D eigenvalue weighted by Gasteiger charge is -2.12. The van der Waals surface area contributed by atoms with Crippen molar-refractivity contribution in [2.75, 3.05) is 5.75 Å². The van der Waals surface area contributed by atoms with Crippen molar-refractivity contribution in [3.8, 4) is 11.8 Å². The molecule has 1 atom stereocenters. The normalized spacial score (nSPS) is 12.2. The zero-order valence-corrected chi connectivity index (χ0v) is 18.9. The van der Waals surface area contributed by atoms with E-state index in [-0.39, 0.29) is 16.4 Å². The molecule has 0 bridgehead atoms. The third-order valence-corrected chi connectivity index (χ3v) is 8.36. The summed E-state index contributed by atoms with van der Waals surface area (Å²) in [7, 11) is -3.83. The molecule has 0 saturated heterocycles. The summed E-state index contributed by atoms with van der Waals surface area (Å²) in [5.74, 6) is 2.53. The van der Waals surface area contributed by atoms with Gasteiger partial charge in [0.15, 0.2) is 9.84 Å². The number of hydrogen-bond acceptors (Lipinski definition) is 5. The molecule has 0 saturated carbocycles. The summed E-state index contributed by atoms with van der Waals surface area (Å²) in [6.07, 6.45) is 1.63. The van der Waals surface area contributed by atoms with Gasteiger partial charge in [-0.1, -0.05) is 30.0 Å². The summed E-state index contributed by atoms with van der Waals surface area (Å²) < 4.78 is 38.9. The van der Waals surface area contributed by atoms with Gasteiger partial charge in [0.05, 0.1) is 22.1 Å². The van der Waals surface area contributed by atoms with Gasteiger partial charge in [0, 0.05) is 17.1 Å². The molecule has 2 aromatic heterocycles. The fourth-order valence-corrected chi connectivity index (χ4v) is 6.10. The second-order valence-corrected chi connectivity index (χ2v) is 10.8. The summed E-state index contributed by atoms with van der Waals surface area (Å²) in [6, 6.07) is 18.0. The fraction of sp³-hybridized carbons (Fsp3) is 0.120. The molecule has 0 unspecified atom stereocenters. The predicted octanol–water partition coefficient (Wildman–Crippen LogP) is 4.55. The van der Waals surface area contributed by atoms with Crippen LogP contribution in [0.15, 0.2) is 77.1 Å². The lowest BCUT2D eigenvalue weighted by atomic mass is 10.0. The monoisotopic (exact) mass is 479 g/mol. The maximum absolute atomic E-state index is 13.0. The van der Waals surface area contributed by atoms with Gasteiger partial charge in [-0.05, 0) is 60.5 Å². The highest BCUT2D eigenvalue weighted by Crippen LogP contribution is 2.25. The number of carbonyl (C=O) groups is 1. The Labute approximate surface area is 194 Å². The fourth-order valence-electron chi connectivity index (χ4n) is 3.30. The Bertz CT molecular complexity index is 1480. The van der Waals surface area contributed by atoms with Gasteiger partial charge in [0.2, 0.25) is 0 Å². The topological polar surface area (TPSA) is 84.3 Å². The van der Waals surface area contributed by atoms with Gasteiger partial charge in [0.25, 0.3) is 0 Å². The molecule has 0 radical (unpaired) electrons. The van der Waals surface area contributed by atoms with Crippen LogP contribution < -0.4 is 0 Å². The van der Waals surface area contributed by atoms with E-state index in [4.69, 9.17) is 0 Å². The highest BCUT2D eigenvalue weighted by molar-refractivity contribution is 7.93. The Morgan fingerprint density at radius 2 is 1.82 bits per heavy atom. The molecule has 5 nitrogen and oxygen atoms in total. The molecule has 2 aromatic carbocycles. The molecule has 0 amide bonds. The van der Waals surface area contributed by atoms with Crippen molar-refractivity contribution in [2.24, 2.45) is 5.92 Å². The minimum Gasteiger partial charge on any atom is -0.481 e. The molecule has 2 heterocycles. The van der Waals surface area contributed by atoms with Gasteiger partial charge in [-0.2, -0.15) is 0 Å². The van der Waals surface area contributed by atoms with Crippen LogP contribution in [0, 0.1) is 23.6 Å².